The molecule has 1 unspecified atom stereocenters. The SMILES string of the molecule is Cc1nc(N(c2cnccn2)N(c2cnccn2)c2nc(C)c(-c3ccc(S(C)(=O)=O)c(-n4ccnc4C)c3)s2)sc1-c1ccc(S(C)=O)c(-n2ccnc2)c1. The lowest BCUT2D eigenvalue weighted by Crippen LogP contribution is -2.37. The molecule has 2 aromatic carbocycles. The van der Waals surface area contributed by atoms with Gasteiger partial charge < -0.3 is 9.13 Å². The smallest absolute Gasteiger partial charge is 0.212 e. The van der Waals surface area contributed by atoms with Crippen LogP contribution in [0, 0.1) is 20.8 Å². The molecule has 0 aliphatic heterocycles. The van der Waals surface area contributed by atoms with Crippen LogP contribution in [0.3, 0.4) is 0 Å². The predicted molar refractivity (Wildman–Crippen MR) is 217 cm³/mol. The molecule has 0 spiro atoms. The second-order valence-corrected chi connectivity index (χ2v) is 17.8. The minimum absolute atomic E-state index is 0.185. The number of hydrogen-bond donors (Lipinski definition) is 0. The summed E-state index contributed by atoms with van der Waals surface area (Å²) in [5.41, 5.74) is 4.34. The molecule has 8 rings (SSSR count). The van der Waals surface area contributed by atoms with Crippen LogP contribution in [0.4, 0.5) is 21.9 Å². The van der Waals surface area contributed by atoms with Crippen molar-refractivity contribution < 1.29 is 12.6 Å². The molecule has 0 fully saturated rings. The highest BCUT2D eigenvalue weighted by Crippen LogP contribution is 2.45. The Labute approximate surface area is 332 Å². The number of imidazole rings is 2. The average Bonchev–Trinajstić information content (AvgIpc) is 4.02. The van der Waals surface area contributed by atoms with Crippen molar-refractivity contribution in [3.05, 3.63) is 122 Å². The van der Waals surface area contributed by atoms with E-state index in [1.54, 1.807) is 95.1 Å². The third kappa shape index (κ3) is 7.00. The molecule has 6 heterocycles. The minimum atomic E-state index is -3.57. The van der Waals surface area contributed by atoms with Crippen molar-refractivity contribution in [2.45, 2.75) is 30.6 Å². The van der Waals surface area contributed by atoms with Crippen molar-refractivity contribution in [1.82, 2.24) is 49.0 Å². The molecule has 19 heteroatoms. The zero-order valence-corrected chi connectivity index (χ0v) is 33.8. The van der Waals surface area contributed by atoms with E-state index < -0.39 is 20.6 Å². The van der Waals surface area contributed by atoms with Gasteiger partial charge in [0, 0.05) is 62.1 Å². The fourth-order valence-electron chi connectivity index (χ4n) is 6.15. The quantitative estimate of drug-likeness (QED) is 0.124. The molecule has 1 atom stereocenters. The number of hydrogen-bond acceptors (Lipinski definition) is 15. The number of rotatable bonds is 11. The molecule has 8 aromatic rings. The van der Waals surface area contributed by atoms with Gasteiger partial charge in [0.25, 0.3) is 0 Å². The third-order valence-electron chi connectivity index (χ3n) is 8.69. The standard InChI is InChI=1S/C37H32N12O3S4/c1-23-34(26-6-8-30(55(4)50)28(18-26)46-16-14-40-22-46)53-36(44-23)48(32-20-38-10-12-42-32)49(33-21-39-11-13-43-33)37-45-24(2)35(54-37)27-7-9-31(56(5,51)52)29(19-27)47-17-15-41-25(47)3/h6-22H,1-5H3. The Morgan fingerprint density at radius 2 is 1.29 bits per heavy atom. The van der Waals surface area contributed by atoms with Crippen LogP contribution in [0.25, 0.3) is 32.3 Å². The molecule has 0 N–H and O–H groups in total. The van der Waals surface area contributed by atoms with Crippen LogP contribution in [-0.2, 0) is 20.6 Å². The fourth-order valence-corrected chi connectivity index (χ4v) is 9.85. The van der Waals surface area contributed by atoms with Gasteiger partial charge in [0.1, 0.15) is 5.82 Å². The minimum Gasteiger partial charge on any atom is -0.305 e. The van der Waals surface area contributed by atoms with Crippen LogP contribution < -0.4 is 10.0 Å². The van der Waals surface area contributed by atoms with Crippen LogP contribution in [-0.4, -0.2) is 74.1 Å². The zero-order chi connectivity index (χ0) is 39.1. The van der Waals surface area contributed by atoms with E-state index in [1.165, 1.54) is 28.9 Å². The van der Waals surface area contributed by atoms with E-state index in [-0.39, 0.29) is 4.90 Å². The summed E-state index contributed by atoms with van der Waals surface area (Å²) in [4.78, 5) is 39.4. The molecule has 0 saturated carbocycles. The number of sulfone groups is 1. The summed E-state index contributed by atoms with van der Waals surface area (Å²) in [6.07, 6.45) is 21.0. The lowest BCUT2D eigenvalue weighted by Gasteiger charge is -2.31. The lowest BCUT2D eigenvalue weighted by atomic mass is 10.1. The van der Waals surface area contributed by atoms with Crippen molar-refractivity contribution in [3.8, 4) is 32.3 Å². The van der Waals surface area contributed by atoms with Gasteiger partial charge in [0.05, 0.1) is 71.8 Å². The first kappa shape index (κ1) is 36.9. The molecule has 0 bridgehead atoms. The number of aryl methyl sites for hydroxylation is 3. The summed E-state index contributed by atoms with van der Waals surface area (Å²) in [7, 11) is -4.81. The van der Waals surface area contributed by atoms with Gasteiger partial charge in [-0.2, -0.15) is 10.0 Å². The molecule has 0 amide bonds. The van der Waals surface area contributed by atoms with Gasteiger partial charge in [-0.15, -0.1) is 0 Å². The maximum atomic E-state index is 12.9. The Kier molecular flexibility index (Phi) is 9.83. The van der Waals surface area contributed by atoms with Crippen molar-refractivity contribution in [3.63, 3.8) is 0 Å². The molecule has 0 radical (unpaired) electrons. The molecule has 6 aromatic heterocycles. The summed E-state index contributed by atoms with van der Waals surface area (Å²) in [6.45, 7) is 5.66. The monoisotopic (exact) mass is 820 g/mol. The van der Waals surface area contributed by atoms with E-state index in [2.05, 4.69) is 19.9 Å². The first-order chi connectivity index (χ1) is 27.0. The number of aromatic nitrogens is 10. The Balaban J connectivity index is 1.28. The van der Waals surface area contributed by atoms with Gasteiger partial charge >= 0.3 is 0 Å². The third-order valence-corrected chi connectivity index (χ3v) is 13.2. The largest absolute Gasteiger partial charge is 0.305 e. The van der Waals surface area contributed by atoms with Crippen LogP contribution in [0.1, 0.15) is 17.2 Å². The Bertz CT molecular complexity index is 2820. The summed E-state index contributed by atoms with van der Waals surface area (Å²) < 4.78 is 42.1. The molecule has 0 aliphatic rings. The molecule has 15 nitrogen and oxygen atoms in total. The van der Waals surface area contributed by atoms with Crippen LogP contribution in [0.2, 0.25) is 0 Å². The highest BCUT2D eigenvalue weighted by atomic mass is 32.2. The maximum absolute atomic E-state index is 12.9. The zero-order valence-electron chi connectivity index (χ0n) is 30.5. The van der Waals surface area contributed by atoms with E-state index in [1.807, 2.05) is 55.8 Å². The Morgan fingerprint density at radius 3 is 1.77 bits per heavy atom. The van der Waals surface area contributed by atoms with Crippen molar-refractivity contribution >= 4 is 65.2 Å². The van der Waals surface area contributed by atoms with Crippen LogP contribution in [0.5, 0.6) is 0 Å². The van der Waals surface area contributed by atoms with E-state index in [9.17, 15) is 12.6 Å². The molecule has 56 heavy (non-hydrogen) atoms. The molecule has 282 valence electrons. The number of nitrogens with zero attached hydrogens (tertiary/aromatic N) is 12. The van der Waals surface area contributed by atoms with Crippen molar-refractivity contribution in [2.75, 3.05) is 22.5 Å². The van der Waals surface area contributed by atoms with Crippen molar-refractivity contribution in [1.29, 1.82) is 0 Å². The van der Waals surface area contributed by atoms with Gasteiger partial charge in [-0.05, 0) is 56.2 Å². The van der Waals surface area contributed by atoms with Gasteiger partial charge in [0.2, 0.25) is 10.3 Å². The average molecular weight is 821 g/mol. The van der Waals surface area contributed by atoms with Crippen LogP contribution in [0.15, 0.2) is 114 Å². The number of hydrazine groups is 1. The fraction of sp³-hybridized carbons (Fsp3) is 0.135. The van der Waals surface area contributed by atoms with Gasteiger partial charge in [-0.25, -0.2) is 38.3 Å². The molecule has 0 aliphatic carbocycles. The van der Waals surface area contributed by atoms with Crippen molar-refractivity contribution in [2.24, 2.45) is 0 Å². The number of anilines is 4. The van der Waals surface area contributed by atoms with E-state index in [0.29, 0.717) is 44.0 Å². The first-order valence-corrected chi connectivity index (χ1v) is 21.9. The number of thiazole rings is 2. The van der Waals surface area contributed by atoms with Gasteiger partial charge in [0.15, 0.2) is 21.5 Å². The highest BCUT2D eigenvalue weighted by Gasteiger charge is 2.31. The van der Waals surface area contributed by atoms with E-state index in [4.69, 9.17) is 19.9 Å². The molecular formula is C37H32N12O3S4. The molecule has 0 saturated heterocycles. The highest BCUT2D eigenvalue weighted by molar-refractivity contribution is 7.90. The Hall–Kier alpha value is -6.02. The second-order valence-electron chi connectivity index (χ2n) is 12.5. The summed E-state index contributed by atoms with van der Waals surface area (Å²) in [5.74, 6) is 1.53. The molecular weight excluding hydrogens is 789 g/mol. The van der Waals surface area contributed by atoms with E-state index in [0.717, 1.165) is 32.3 Å². The summed E-state index contributed by atoms with van der Waals surface area (Å²) >= 11 is 2.83. The van der Waals surface area contributed by atoms with Gasteiger partial charge in [-0.3, -0.25) is 14.2 Å². The first-order valence-electron chi connectivity index (χ1n) is 16.9. The topological polar surface area (TPSA) is 171 Å². The van der Waals surface area contributed by atoms with Gasteiger partial charge in [-0.1, -0.05) is 34.8 Å². The Morgan fingerprint density at radius 1 is 0.696 bits per heavy atom. The maximum Gasteiger partial charge on any atom is 0.212 e. The second kappa shape index (κ2) is 14.9. The lowest BCUT2D eigenvalue weighted by molar-refractivity contribution is 0.601. The number of benzene rings is 2. The van der Waals surface area contributed by atoms with E-state index >= 15 is 0 Å². The normalized spacial score (nSPS) is 12.2. The summed E-state index contributed by atoms with van der Waals surface area (Å²) in [5, 5.41) is 4.66. The predicted octanol–water partition coefficient (Wildman–Crippen LogP) is 6.84. The van der Waals surface area contributed by atoms with Crippen LogP contribution >= 0.6 is 22.7 Å². The summed E-state index contributed by atoms with van der Waals surface area (Å²) in [6, 6.07) is 11.1.